The summed E-state index contributed by atoms with van der Waals surface area (Å²) in [7, 11) is 4.26. The van der Waals surface area contributed by atoms with Gasteiger partial charge >= 0.3 is 5.97 Å². The molecule has 0 saturated heterocycles. The van der Waals surface area contributed by atoms with Gasteiger partial charge in [-0.15, -0.1) is 0 Å². The molecule has 1 atom stereocenters. The highest BCUT2D eigenvalue weighted by Gasteiger charge is 2.45. The lowest BCUT2D eigenvalue weighted by molar-refractivity contribution is -0.150. The molecule has 5 nitrogen and oxygen atoms in total. The number of carbonyl (C=O) groups is 1. The highest BCUT2D eigenvalue weighted by atomic mass is 16.5. The van der Waals surface area contributed by atoms with Crippen LogP contribution >= 0.6 is 0 Å². The maximum atomic E-state index is 13.1. The van der Waals surface area contributed by atoms with E-state index >= 15 is 0 Å². The van der Waals surface area contributed by atoms with Crippen LogP contribution in [0.5, 0.6) is 0 Å². The fraction of sp³-hybridized carbons (Fsp3) is 0.867. The van der Waals surface area contributed by atoms with Crippen molar-refractivity contribution < 1.29 is 9.53 Å². The predicted molar refractivity (Wildman–Crippen MR) is 220 cm³/mol. The number of carbonyl (C=O) groups excluding carboxylic acids is 1. The fourth-order valence-electron chi connectivity index (χ4n) is 7.46. The minimum absolute atomic E-state index is 0.123. The molecule has 0 aromatic carbocycles. The molecule has 292 valence electrons. The first-order valence-corrected chi connectivity index (χ1v) is 21.9. The van der Waals surface area contributed by atoms with Crippen LogP contribution in [0.3, 0.4) is 0 Å². The first kappa shape index (κ1) is 46.6. The predicted octanol–water partition coefficient (Wildman–Crippen LogP) is 13.0. The lowest BCUT2D eigenvalue weighted by Crippen LogP contribution is -2.53. The Balaban J connectivity index is 2.51. The Morgan fingerprint density at radius 2 is 1.02 bits per heavy atom. The summed E-state index contributed by atoms with van der Waals surface area (Å²) in [6.45, 7) is 8.79. The maximum Gasteiger partial charge on any atom is 0.346 e. The number of nitrogens with zero attached hydrogens (tertiary/aromatic N) is 3. The third-order valence-corrected chi connectivity index (χ3v) is 10.6. The van der Waals surface area contributed by atoms with Gasteiger partial charge in [0, 0.05) is 12.8 Å². The monoisotopic (exact) mass is 700 g/mol. The summed E-state index contributed by atoms with van der Waals surface area (Å²) in [5, 5.41) is 0. The van der Waals surface area contributed by atoms with Gasteiger partial charge in [-0.05, 0) is 98.2 Å². The van der Waals surface area contributed by atoms with Crippen molar-refractivity contribution in [2.45, 2.75) is 219 Å². The standard InChI is InChI=1S/C45H85N3O2/c1-6-9-11-13-15-17-19-21-23-25-27-29-31-33-35-38-45(42-46-43(44(49)50-8-3)48(45)41-37-40-47(4)5)39-36-34-32-30-28-26-24-22-20-18-16-14-12-10-7-2/h21-24,42-43H,6-20,25-41H2,1-5H3/b23-21+,24-22+. The van der Waals surface area contributed by atoms with E-state index in [1.807, 2.05) is 6.92 Å². The highest BCUT2D eigenvalue weighted by molar-refractivity contribution is 5.84. The number of unbranched alkanes of at least 4 members (excludes halogenated alkanes) is 22. The molecule has 5 heteroatoms. The van der Waals surface area contributed by atoms with Crippen molar-refractivity contribution in [3.63, 3.8) is 0 Å². The molecule has 0 amide bonds. The van der Waals surface area contributed by atoms with Gasteiger partial charge in [0.2, 0.25) is 6.17 Å². The van der Waals surface area contributed by atoms with Gasteiger partial charge in [0.05, 0.1) is 12.1 Å². The smallest absolute Gasteiger partial charge is 0.346 e. The van der Waals surface area contributed by atoms with E-state index in [9.17, 15) is 4.79 Å². The van der Waals surface area contributed by atoms with Crippen LogP contribution in [-0.2, 0) is 9.53 Å². The second-order valence-corrected chi connectivity index (χ2v) is 15.5. The van der Waals surface area contributed by atoms with E-state index in [0.717, 1.165) is 32.4 Å². The molecule has 0 spiro atoms. The fourth-order valence-corrected chi connectivity index (χ4v) is 7.46. The van der Waals surface area contributed by atoms with Gasteiger partial charge in [-0.2, -0.15) is 0 Å². The van der Waals surface area contributed by atoms with E-state index in [1.165, 1.54) is 167 Å². The van der Waals surface area contributed by atoms with Gasteiger partial charge in [-0.25, -0.2) is 4.79 Å². The van der Waals surface area contributed by atoms with E-state index in [1.54, 1.807) is 0 Å². The minimum atomic E-state index is -0.483. The Morgan fingerprint density at radius 1 is 0.620 bits per heavy atom. The van der Waals surface area contributed by atoms with Gasteiger partial charge in [0.25, 0.3) is 0 Å². The van der Waals surface area contributed by atoms with Crippen molar-refractivity contribution in [1.29, 1.82) is 0 Å². The van der Waals surface area contributed by atoms with Gasteiger partial charge in [-0.3, -0.25) is 9.89 Å². The maximum absolute atomic E-state index is 13.1. The second-order valence-electron chi connectivity index (χ2n) is 15.5. The number of allylic oxidation sites excluding steroid dienone is 4. The Kier molecular flexibility index (Phi) is 31.1. The minimum Gasteiger partial charge on any atom is -0.463 e. The van der Waals surface area contributed by atoms with Crippen LogP contribution in [-0.4, -0.2) is 67.5 Å². The zero-order valence-corrected chi connectivity index (χ0v) is 34.2. The zero-order valence-electron chi connectivity index (χ0n) is 34.2. The molecule has 0 aromatic rings. The molecule has 0 aliphatic carbocycles. The molecule has 0 saturated carbocycles. The number of ether oxygens (including phenoxy) is 1. The molecule has 0 aromatic heterocycles. The number of hydrogen-bond acceptors (Lipinski definition) is 5. The van der Waals surface area contributed by atoms with E-state index in [4.69, 9.17) is 9.73 Å². The average Bonchev–Trinajstić information content (AvgIpc) is 3.46. The van der Waals surface area contributed by atoms with Crippen molar-refractivity contribution in [2.24, 2.45) is 4.99 Å². The Bertz CT molecular complexity index is 811. The summed E-state index contributed by atoms with van der Waals surface area (Å²) >= 11 is 0. The lowest BCUT2D eigenvalue weighted by Gasteiger charge is -2.39. The van der Waals surface area contributed by atoms with Gasteiger partial charge in [0.15, 0.2) is 0 Å². The van der Waals surface area contributed by atoms with E-state index < -0.39 is 6.17 Å². The topological polar surface area (TPSA) is 45.1 Å². The van der Waals surface area contributed by atoms with E-state index in [-0.39, 0.29) is 11.5 Å². The summed E-state index contributed by atoms with van der Waals surface area (Å²) in [6.07, 6.45) is 48.9. The van der Waals surface area contributed by atoms with Crippen molar-refractivity contribution >= 4 is 12.2 Å². The van der Waals surface area contributed by atoms with Crippen LogP contribution in [0, 0.1) is 0 Å². The summed E-state index contributed by atoms with van der Waals surface area (Å²) in [5.74, 6) is -0.176. The molecule has 50 heavy (non-hydrogen) atoms. The number of rotatable bonds is 36. The van der Waals surface area contributed by atoms with E-state index in [0.29, 0.717) is 6.61 Å². The van der Waals surface area contributed by atoms with Crippen LogP contribution < -0.4 is 0 Å². The van der Waals surface area contributed by atoms with Crippen molar-refractivity contribution in [2.75, 3.05) is 33.8 Å². The normalized spacial score (nSPS) is 16.2. The van der Waals surface area contributed by atoms with Crippen LogP contribution in [0.4, 0.5) is 0 Å². The van der Waals surface area contributed by atoms with E-state index in [2.05, 4.69) is 68.3 Å². The van der Waals surface area contributed by atoms with Crippen molar-refractivity contribution in [1.82, 2.24) is 9.80 Å². The third kappa shape index (κ3) is 23.9. The Labute approximate surface area is 312 Å². The lowest BCUT2D eigenvalue weighted by atomic mass is 9.85. The number of esters is 1. The molecular weight excluding hydrogens is 615 g/mol. The Hall–Kier alpha value is -1.46. The molecule has 0 fully saturated rings. The molecule has 0 N–H and O–H groups in total. The molecule has 1 unspecified atom stereocenters. The van der Waals surface area contributed by atoms with Crippen LogP contribution in [0.15, 0.2) is 29.3 Å². The molecule has 0 bridgehead atoms. The largest absolute Gasteiger partial charge is 0.463 e. The van der Waals surface area contributed by atoms with Gasteiger partial charge < -0.3 is 9.64 Å². The molecule has 1 aliphatic heterocycles. The van der Waals surface area contributed by atoms with Gasteiger partial charge in [-0.1, -0.05) is 154 Å². The SMILES string of the molecule is CCCCCCCC/C=C/CCCCCCCC1(CCCCCCC/C=C/CCCCCCCC)C=NC(C(=O)OCC)N1CCCN(C)C. The molecular formula is C45H85N3O2. The molecule has 1 heterocycles. The quantitative estimate of drug-likeness (QED) is 0.0371. The zero-order chi connectivity index (χ0) is 36.4. The Morgan fingerprint density at radius 3 is 1.42 bits per heavy atom. The van der Waals surface area contributed by atoms with Crippen LogP contribution in [0.25, 0.3) is 0 Å². The van der Waals surface area contributed by atoms with Crippen LogP contribution in [0.2, 0.25) is 0 Å². The first-order valence-electron chi connectivity index (χ1n) is 21.9. The average molecular weight is 700 g/mol. The summed E-state index contributed by atoms with van der Waals surface area (Å²) in [5.41, 5.74) is -0.123. The highest BCUT2D eigenvalue weighted by Crippen LogP contribution is 2.35. The van der Waals surface area contributed by atoms with Gasteiger partial charge in [0.1, 0.15) is 0 Å². The molecule has 0 radical (unpaired) electrons. The second kappa shape index (κ2) is 33.4. The summed E-state index contributed by atoms with van der Waals surface area (Å²) in [4.78, 5) is 22.6. The first-order chi connectivity index (χ1) is 24.5. The summed E-state index contributed by atoms with van der Waals surface area (Å²) in [6, 6.07) is 0. The number of hydrogen-bond donors (Lipinski definition) is 0. The molecule has 1 rings (SSSR count). The third-order valence-electron chi connectivity index (χ3n) is 10.6. The van der Waals surface area contributed by atoms with Crippen LogP contribution in [0.1, 0.15) is 207 Å². The number of aliphatic imine (C=N–C) groups is 1. The van der Waals surface area contributed by atoms with Crippen molar-refractivity contribution in [3.8, 4) is 0 Å². The van der Waals surface area contributed by atoms with Crippen molar-refractivity contribution in [3.05, 3.63) is 24.3 Å². The summed E-state index contributed by atoms with van der Waals surface area (Å²) < 4.78 is 5.52. The molecule has 1 aliphatic rings.